The number of fused-ring (bicyclic) bond motifs is 1. The van der Waals surface area contributed by atoms with Crippen molar-refractivity contribution in [1.82, 2.24) is 15.6 Å². The zero-order valence-corrected chi connectivity index (χ0v) is 19.5. The SMILES string of the molecule is CC(C)(C)[C@H](CO)NC(=O)NC[C@H]1C[C@H](c2c(-c3ccc(F)cc3)[nH]c3c(F)cc(F)cc32)C1. The topological polar surface area (TPSA) is 77.2 Å². The van der Waals surface area contributed by atoms with Crippen molar-refractivity contribution in [3.05, 3.63) is 59.4 Å². The van der Waals surface area contributed by atoms with Gasteiger partial charge in [0.2, 0.25) is 0 Å². The van der Waals surface area contributed by atoms with E-state index in [1.54, 1.807) is 12.1 Å². The number of aliphatic hydroxyl groups excluding tert-OH is 1. The van der Waals surface area contributed by atoms with Crippen LogP contribution < -0.4 is 10.6 Å². The number of aromatic nitrogens is 1. The molecule has 0 spiro atoms. The highest BCUT2D eigenvalue weighted by Gasteiger charge is 2.35. The van der Waals surface area contributed by atoms with E-state index in [-0.39, 0.29) is 47.3 Å². The molecule has 1 heterocycles. The molecule has 5 nitrogen and oxygen atoms in total. The van der Waals surface area contributed by atoms with Crippen LogP contribution in [0.5, 0.6) is 0 Å². The number of H-pyrrole nitrogens is 1. The molecule has 4 N–H and O–H groups in total. The standard InChI is InChI=1S/C26H30F3N3O2/c1-26(2,3)21(13-33)31-25(34)30-12-14-8-16(9-14)22-19-10-18(28)11-20(29)24(19)32-23(22)15-4-6-17(27)7-5-15/h4-7,10-11,14,16,21,32-33H,8-9,12-13H2,1-3H3,(H2,30,31,34)/t14-,16-,21-/m0/s1. The van der Waals surface area contributed by atoms with Gasteiger partial charge in [-0.05, 0) is 71.6 Å². The van der Waals surface area contributed by atoms with E-state index in [0.717, 1.165) is 24.5 Å². The highest BCUT2D eigenvalue weighted by atomic mass is 19.1. The van der Waals surface area contributed by atoms with E-state index >= 15 is 0 Å². The lowest BCUT2D eigenvalue weighted by atomic mass is 9.70. The van der Waals surface area contributed by atoms with Crippen molar-refractivity contribution < 1.29 is 23.1 Å². The molecule has 3 aromatic rings. The second kappa shape index (κ2) is 9.33. The Morgan fingerprint density at radius 2 is 1.79 bits per heavy atom. The third-order valence-corrected chi connectivity index (χ3v) is 6.73. The van der Waals surface area contributed by atoms with E-state index < -0.39 is 11.6 Å². The highest BCUT2D eigenvalue weighted by Crippen LogP contribution is 2.48. The molecule has 1 atom stereocenters. The average Bonchev–Trinajstić information content (AvgIpc) is 3.10. The first-order valence-electron chi connectivity index (χ1n) is 11.5. The lowest BCUT2D eigenvalue weighted by Crippen LogP contribution is -2.51. The van der Waals surface area contributed by atoms with Gasteiger partial charge in [0.1, 0.15) is 17.5 Å². The van der Waals surface area contributed by atoms with Gasteiger partial charge >= 0.3 is 6.03 Å². The quantitative estimate of drug-likeness (QED) is 0.384. The molecule has 1 saturated carbocycles. The van der Waals surface area contributed by atoms with Crippen LogP contribution in [0.4, 0.5) is 18.0 Å². The van der Waals surface area contributed by atoms with Crippen LogP contribution in [0, 0.1) is 28.8 Å². The number of carbonyl (C=O) groups excluding carboxylic acids is 1. The number of rotatable bonds is 6. The van der Waals surface area contributed by atoms with Gasteiger partial charge in [0.05, 0.1) is 23.9 Å². The summed E-state index contributed by atoms with van der Waals surface area (Å²) in [4.78, 5) is 15.4. The molecule has 0 bridgehead atoms. The number of halogens is 3. The second-order valence-corrected chi connectivity index (χ2v) is 10.2. The fraction of sp³-hybridized carbons (Fsp3) is 0.423. The van der Waals surface area contributed by atoms with Gasteiger partial charge in [-0.2, -0.15) is 0 Å². The van der Waals surface area contributed by atoms with Crippen molar-refractivity contribution in [3.63, 3.8) is 0 Å². The minimum atomic E-state index is -0.670. The summed E-state index contributed by atoms with van der Waals surface area (Å²) in [6, 6.07) is 7.39. The smallest absolute Gasteiger partial charge is 0.315 e. The molecule has 8 heteroatoms. The summed E-state index contributed by atoms with van der Waals surface area (Å²) in [6.45, 7) is 6.13. The summed E-state index contributed by atoms with van der Waals surface area (Å²) >= 11 is 0. The van der Waals surface area contributed by atoms with Gasteiger partial charge in [0.25, 0.3) is 0 Å². The largest absolute Gasteiger partial charge is 0.394 e. The normalized spacial score (nSPS) is 19.0. The first-order chi connectivity index (χ1) is 16.1. The third kappa shape index (κ3) is 4.92. The summed E-state index contributed by atoms with van der Waals surface area (Å²) in [5.74, 6) is -1.44. The summed E-state index contributed by atoms with van der Waals surface area (Å²) in [7, 11) is 0. The molecule has 0 aliphatic heterocycles. The molecular weight excluding hydrogens is 443 g/mol. The molecule has 0 radical (unpaired) electrons. The summed E-state index contributed by atoms with van der Waals surface area (Å²) in [6.07, 6.45) is 1.48. The Hall–Kier alpha value is -3.00. The van der Waals surface area contributed by atoms with E-state index in [1.165, 1.54) is 18.2 Å². The minimum Gasteiger partial charge on any atom is -0.394 e. The summed E-state index contributed by atoms with van der Waals surface area (Å²) in [5.41, 5.74) is 2.13. The molecule has 1 aromatic heterocycles. The molecule has 1 aliphatic carbocycles. The third-order valence-electron chi connectivity index (χ3n) is 6.73. The molecule has 1 fully saturated rings. The second-order valence-electron chi connectivity index (χ2n) is 10.2. The maximum atomic E-state index is 14.5. The van der Waals surface area contributed by atoms with E-state index in [9.17, 15) is 23.1 Å². The van der Waals surface area contributed by atoms with Crippen LogP contribution in [0.1, 0.15) is 45.1 Å². The highest BCUT2D eigenvalue weighted by molar-refractivity contribution is 5.92. The van der Waals surface area contributed by atoms with Gasteiger partial charge in [0, 0.05) is 18.0 Å². The van der Waals surface area contributed by atoms with Gasteiger partial charge in [-0.1, -0.05) is 20.8 Å². The molecule has 0 unspecified atom stereocenters. The number of aliphatic hydroxyl groups is 1. The number of amides is 2. The Bertz CT molecular complexity index is 1180. The predicted octanol–water partition coefficient (Wildman–Crippen LogP) is 5.45. The molecule has 1 aliphatic rings. The Labute approximate surface area is 196 Å². The zero-order valence-electron chi connectivity index (χ0n) is 19.5. The van der Waals surface area contributed by atoms with Crippen LogP contribution in [-0.4, -0.2) is 35.3 Å². The number of aromatic amines is 1. The first kappa shape index (κ1) is 24.1. The molecule has 0 saturated heterocycles. The predicted molar refractivity (Wildman–Crippen MR) is 126 cm³/mol. The van der Waals surface area contributed by atoms with Crippen LogP contribution >= 0.6 is 0 Å². The van der Waals surface area contributed by atoms with Crippen LogP contribution in [0.15, 0.2) is 36.4 Å². The maximum absolute atomic E-state index is 14.5. The van der Waals surface area contributed by atoms with Gasteiger partial charge in [0.15, 0.2) is 0 Å². The molecular formula is C26H30F3N3O2. The van der Waals surface area contributed by atoms with Gasteiger partial charge in [-0.25, -0.2) is 18.0 Å². The van der Waals surface area contributed by atoms with Crippen molar-refractivity contribution in [2.45, 2.75) is 45.6 Å². The fourth-order valence-electron chi connectivity index (χ4n) is 4.63. The lowest BCUT2D eigenvalue weighted by molar-refractivity contribution is 0.156. The molecule has 2 amide bonds. The fourth-order valence-corrected chi connectivity index (χ4v) is 4.63. The number of urea groups is 1. The van der Waals surface area contributed by atoms with Gasteiger partial charge in [-0.3, -0.25) is 0 Å². The number of hydrogen-bond acceptors (Lipinski definition) is 2. The first-order valence-corrected chi connectivity index (χ1v) is 11.5. The molecule has 34 heavy (non-hydrogen) atoms. The Morgan fingerprint density at radius 1 is 1.12 bits per heavy atom. The van der Waals surface area contributed by atoms with Crippen molar-refractivity contribution in [2.24, 2.45) is 11.3 Å². The van der Waals surface area contributed by atoms with Crippen molar-refractivity contribution in [2.75, 3.05) is 13.2 Å². The minimum absolute atomic E-state index is 0.0460. The monoisotopic (exact) mass is 473 g/mol. The molecule has 2 aromatic carbocycles. The lowest BCUT2D eigenvalue weighted by Gasteiger charge is -2.36. The van der Waals surface area contributed by atoms with E-state index in [4.69, 9.17) is 0 Å². The maximum Gasteiger partial charge on any atom is 0.315 e. The van der Waals surface area contributed by atoms with Crippen LogP contribution in [0.2, 0.25) is 0 Å². The van der Waals surface area contributed by atoms with Crippen molar-refractivity contribution in [1.29, 1.82) is 0 Å². The number of nitrogens with one attached hydrogen (secondary N) is 3. The molecule has 4 rings (SSSR count). The van der Waals surface area contributed by atoms with Crippen molar-refractivity contribution in [3.8, 4) is 11.3 Å². The molecule has 182 valence electrons. The zero-order chi connectivity index (χ0) is 24.6. The number of benzene rings is 2. The number of hydrogen-bond donors (Lipinski definition) is 4. The van der Waals surface area contributed by atoms with Crippen molar-refractivity contribution >= 4 is 16.9 Å². The Morgan fingerprint density at radius 3 is 2.41 bits per heavy atom. The van der Waals surface area contributed by atoms with Gasteiger partial charge in [-0.15, -0.1) is 0 Å². The van der Waals surface area contributed by atoms with Crippen LogP contribution in [0.3, 0.4) is 0 Å². The van der Waals surface area contributed by atoms with E-state index in [1.807, 2.05) is 20.8 Å². The van der Waals surface area contributed by atoms with E-state index in [0.29, 0.717) is 23.2 Å². The number of carbonyl (C=O) groups is 1. The van der Waals surface area contributed by atoms with Crippen LogP contribution in [0.25, 0.3) is 22.2 Å². The Balaban J connectivity index is 1.49. The van der Waals surface area contributed by atoms with Gasteiger partial charge < -0.3 is 20.7 Å². The van der Waals surface area contributed by atoms with E-state index in [2.05, 4.69) is 15.6 Å². The Kier molecular flexibility index (Phi) is 6.62. The summed E-state index contributed by atoms with van der Waals surface area (Å²) < 4.78 is 42.0. The average molecular weight is 474 g/mol. The summed E-state index contributed by atoms with van der Waals surface area (Å²) in [5, 5.41) is 15.7. The van der Waals surface area contributed by atoms with Crippen LogP contribution in [-0.2, 0) is 0 Å².